The number of likely N-dealkylation sites (tertiary alicyclic amines) is 1. The fourth-order valence-corrected chi connectivity index (χ4v) is 4.54. The van der Waals surface area contributed by atoms with Crippen molar-refractivity contribution in [2.75, 3.05) is 6.54 Å². The topological polar surface area (TPSA) is 69.2 Å². The molecule has 2 heterocycles. The fourth-order valence-electron chi connectivity index (χ4n) is 4.54. The number of aliphatic hydroxyl groups is 1. The Balaban J connectivity index is 1.66. The number of benzene rings is 1. The van der Waals surface area contributed by atoms with Crippen LogP contribution in [-0.2, 0) is 5.60 Å². The fraction of sp³-hybridized carbons (Fsp3) is 0.474. The quantitative estimate of drug-likeness (QED) is 0.892. The lowest BCUT2D eigenvalue weighted by atomic mass is 9.66. The van der Waals surface area contributed by atoms with Crippen LogP contribution in [0.1, 0.15) is 48.3 Å². The Kier molecular flexibility index (Phi) is 3.88. The van der Waals surface area contributed by atoms with Crippen LogP contribution in [0.15, 0.2) is 42.7 Å². The average molecular weight is 325 g/mol. The summed E-state index contributed by atoms with van der Waals surface area (Å²) in [5, 5.41) is 11.5. The van der Waals surface area contributed by atoms with Crippen molar-refractivity contribution < 1.29 is 9.90 Å². The summed E-state index contributed by atoms with van der Waals surface area (Å²) in [5.41, 5.74) is 0.138. The number of fused-ring (bicyclic) bond motifs is 1. The second kappa shape index (κ2) is 6.06. The number of H-pyrrole nitrogens is 1. The minimum Gasteiger partial charge on any atom is -0.385 e. The van der Waals surface area contributed by atoms with Crippen molar-refractivity contribution in [3.8, 4) is 0 Å². The van der Waals surface area contributed by atoms with E-state index in [1.54, 1.807) is 12.4 Å². The lowest BCUT2D eigenvalue weighted by molar-refractivity contribution is -0.110. The molecular formula is C19H23N3O2. The number of aromatic nitrogens is 2. The van der Waals surface area contributed by atoms with Crippen LogP contribution in [0.2, 0.25) is 0 Å². The third-order valence-corrected chi connectivity index (χ3v) is 5.71. The van der Waals surface area contributed by atoms with Gasteiger partial charge in [-0.3, -0.25) is 4.79 Å². The number of aromatic amines is 1. The van der Waals surface area contributed by atoms with Gasteiger partial charge in [0.05, 0.1) is 5.60 Å². The maximum atomic E-state index is 12.8. The molecule has 2 aromatic rings. The molecule has 2 N–H and O–H groups in total. The Labute approximate surface area is 141 Å². The van der Waals surface area contributed by atoms with Gasteiger partial charge in [0.1, 0.15) is 0 Å². The van der Waals surface area contributed by atoms with E-state index in [1.807, 2.05) is 35.2 Å². The lowest BCUT2D eigenvalue weighted by Crippen LogP contribution is -2.59. The molecule has 1 aliphatic heterocycles. The molecule has 1 saturated heterocycles. The lowest BCUT2D eigenvalue weighted by Gasteiger charge is -2.52. The first-order valence-electron chi connectivity index (χ1n) is 8.78. The van der Waals surface area contributed by atoms with Crippen molar-refractivity contribution in [1.82, 2.24) is 14.9 Å². The van der Waals surface area contributed by atoms with Gasteiger partial charge in [-0.2, -0.15) is 0 Å². The molecule has 0 bridgehead atoms. The Hall–Kier alpha value is -2.14. The molecule has 5 nitrogen and oxygen atoms in total. The van der Waals surface area contributed by atoms with E-state index in [9.17, 15) is 9.90 Å². The number of nitrogens with one attached hydrogen (secondary N) is 1. The molecule has 2 aliphatic rings. The minimum atomic E-state index is -0.841. The predicted octanol–water partition coefficient (Wildman–Crippen LogP) is 2.70. The van der Waals surface area contributed by atoms with Crippen molar-refractivity contribution in [3.05, 3.63) is 54.1 Å². The largest absolute Gasteiger partial charge is 0.385 e. The summed E-state index contributed by atoms with van der Waals surface area (Å²) in [6, 6.07) is 10.0. The molecular weight excluding hydrogens is 302 g/mol. The van der Waals surface area contributed by atoms with E-state index in [-0.39, 0.29) is 17.9 Å². The highest BCUT2D eigenvalue weighted by Crippen LogP contribution is 2.47. The van der Waals surface area contributed by atoms with E-state index >= 15 is 0 Å². The van der Waals surface area contributed by atoms with Crippen LogP contribution in [0, 0.1) is 5.92 Å². The molecule has 1 amide bonds. The Morgan fingerprint density at radius 3 is 2.79 bits per heavy atom. The average Bonchev–Trinajstić information content (AvgIpc) is 3.17. The number of hydrogen-bond acceptors (Lipinski definition) is 3. The van der Waals surface area contributed by atoms with Crippen molar-refractivity contribution in [2.24, 2.45) is 5.92 Å². The maximum Gasteiger partial charge on any atom is 0.289 e. The van der Waals surface area contributed by atoms with E-state index in [2.05, 4.69) is 9.97 Å². The standard InChI is InChI=1S/C19H23N3O2/c23-18(17-20-11-12-21-17)22-13-10-19(24,14-6-2-1-3-7-14)15-8-4-5-9-16(15)22/h1-3,6-7,11-12,15-16,24H,4-5,8-10,13H2,(H,20,21). The van der Waals surface area contributed by atoms with Crippen LogP contribution in [0.25, 0.3) is 0 Å². The summed E-state index contributed by atoms with van der Waals surface area (Å²) in [5.74, 6) is 0.429. The smallest absolute Gasteiger partial charge is 0.289 e. The van der Waals surface area contributed by atoms with Crippen LogP contribution < -0.4 is 0 Å². The van der Waals surface area contributed by atoms with Gasteiger partial charge in [0, 0.05) is 30.9 Å². The minimum absolute atomic E-state index is 0.0491. The number of hydrogen-bond donors (Lipinski definition) is 2. The first-order chi connectivity index (χ1) is 11.7. The normalized spacial score (nSPS) is 30.0. The summed E-state index contributed by atoms with van der Waals surface area (Å²) < 4.78 is 0. The highest BCUT2D eigenvalue weighted by molar-refractivity contribution is 5.90. The zero-order valence-corrected chi connectivity index (χ0v) is 13.7. The zero-order chi connectivity index (χ0) is 16.6. The number of piperidine rings is 1. The van der Waals surface area contributed by atoms with Crippen LogP contribution in [0.3, 0.4) is 0 Å². The second-order valence-electron chi connectivity index (χ2n) is 6.93. The summed E-state index contributed by atoms with van der Waals surface area (Å²) in [7, 11) is 0. The van der Waals surface area contributed by atoms with E-state index in [0.717, 1.165) is 31.2 Å². The third-order valence-electron chi connectivity index (χ3n) is 5.71. The Bertz CT molecular complexity index is 701. The van der Waals surface area contributed by atoms with Gasteiger partial charge in [0.25, 0.3) is 5.91 Å². The van der Waals surface area contributed by atoms with E-state index in [0.29, 0.717) is 18.8 Å². The van der Waals surface area contributed by atoms with Crippen LogP contribution >= 0.6 is 0 Å². The molecule has 126 valence electrons. The number of amides is 1. The molecule has 24 heavy (non-hydrogen) atoms. The van der Waals surface area contributed by atoms with Gasteiger partial charge in [0.15, 0.2) is 5.82 Å². The zero-order valence-electron chi connectivity index (χ0n) is 13.7. The molecule has 1 aliphatic carbocycles. The van der Waals surface area contributed by atoms with Crippen LogP contribution in [0.4, 0.5) is 0 Å². The van der Waals surface area contributed by atoms with Gasteiger partial charge in [-0.15, -0.1) is 0 Å². The van der Waals surface area contributed by atoms with Gasteiger partial charge in [-0.25, -0.2) is 4.98 Å². The van der Waals surface area contributed by atoms with Gasteiger partial charge in [0.2, 0.25) is 0 Å². The molecule has 1 saturated carbocycles. The first kappa shape index (κ1) is 15.4. The molecule has 0 radical (unpaired) electrons. The van der Waals surface area contributed by atoms with E-state index < -0.39 is 5.60 Å². The maximum absolute atomic E-state index is 12.8. The number of imidazole rings is 1. The molecule has 3 unspecified atom stereocenters. The predicted molar refractivity (Wildman–Crippen MR) is 90.3 cm³/mol. The molecule has 0 spiro atoms. The monoisotopic (exact) mass is 325 g/mol. The molecule has 2 fully saturated rings. The molecule has 3 atom stereocenters. The van der Waals surface area contributed by atoms with Crippen molar-refractivity contribution in [2.45, 2.75) is 43.7 Å². The number of rotatable bonds is 2. The van der Waals surface area contributed by atoms with Gasteiger partial charge in [-0.05, 0) is 24.8 Å². The Morgan fingerprint density at radius 2 is 2.04 bits per heavy atom. The second-order valence-corrected chi connectivity index (χ2v) is 6.93. The number of carbonyl (C=O) groups excluding carboxylic acids is 1. The molecule has 1 aromatic heterocycles. The highest BCUT2D eigenvalue weighted by Gasteiger charge is 2.50. The van der Waals surface area contributed by atoms with Crippen LogP contribution in [0.5, 0.6) is 0 Å². The number of carbonyl (C=O) groups is 1. The van der Waals surface area contributed by atoms with Gasteiger partial charge >= 0.3 is 0 Å². The molecule has 4 rings (SSSR count). The molecule has 5 heteroatoms. The van der Waals surface area contributed by atoms with E-state index in [1.165, 1.54) is 0 Å². The summed E-state index contributed by atoms with van der Waals surface area (Å²) in [4.78, 5) is 21.8. The van der Waals surface area contributed by atoms with Crippen LogP contribution in [-0.4, -0.2) is 38.5 Å². The Morgan fingerprint density at radius 1 is 1.25 bits per heavy atom. The summed E-state index contributed by atoms with van der Waals surface area (Å²) in [6.07, 6.45) is 7.98. The van der Waals surface area contributed by atoms with Crippen molar-refractivity contribution in [1.29, 1.82) is 0 Å². The molecule has 1 aromatic carbocycles. The van der Waals surface area contributed by atoms with Crippen molar-refractivity contribution >= 4 is 5.91 Å². The van der Waals surface area contributed by atoms with Crippen molar-refractivity contribution in [3.63, 3.8) is 0 Å². The highest BCUT2D eigenvalue weighted by atomic mass is 16.3. The number of nitrogens with zero attached hydrogens (tertiary/aromatic N) is 2. The SMILES string of the molecule is O=C(c1ncc[nH]1)N1CCC(O)(c2ccccc2)C2CCCCC21. The first-order valence-corrected chi connectivity index (χ1v) is 8.78. The third kappa shape index (κ3) is 2.44. The van der Waals surface area contributed by atoms with E-state index in [4.69, 9.17) is 0 Å². The van der Waals surface area contributed by atoms with Gasteiger partial charge < -0.3 is 15.0 Å². The summed E-state index contributed by atoms with van der Waals surface area (Å²) >= 11 is 0. The summed E-state index contributed by atoms with van der Waals surface area (Å²) in [6.45, 7) is 0.562. The van der Waals surface area contributed by atoms with Gasteiger partial charge in [-0.1, -0.05) is 43.2 Å².